The molecule has 0 aromatic heterocycles. The summed E-state index contributed by atoms with van der Waals surface area (Å²) in [4.78, 5) is 2.61. The first kappa shape index (κ1) is 11.7. The molecule has 1 unspecified atom stereocenters. The summed E-state index contributed by atoms with van der Waals surface area (Å²) in [7, 11) is 0. The number of hydrogen-bond donors (Lipinski definition) is 1. The van der Waals surface area contributed by atoms with Gasteiger partial charge in [-0.1, -0.05) is 0 Å². The zero-order chi connectivity index (χ0) is 10.5. The van der Waals surface area contributed by atoms with E-state index in [9.17, 15) is 0 Å². The topological polar surface area (TPSA) is 15.3 Å². The molecule has 0 bridgehead atoms. The van der Waals surface area contributed by atoms with Gasteiger partial charge < -0.3 is 10.2 Å². The molecular formula is C12H24N2S. The van der Waals surface area contributed by atoms with Crippen LogP contribution in [0.4, 0.5) is 0 Å². The second-order valence-corrected chi connectivity index (χ2v) is 6.19. The van der Waals surface area contributed by atoms with Gasteiger partial charge in [-0.05, 0) is 57.2 Å². The predicted molar refractivity (Wildman–Crippen MR) is 68.6 cm³/mol. The molecule has 0 amide bonds. The third-order valence-corrected chi connectivity index (χ3v) is 4.52. The fourth-order valence-electron chi connectivity index (χ4n) is 2.67. The van der Waals surface area contributed by atoms with E-state index >= 15 is 0 Å². The van der Waals surface area contributed by atoms with Crippen molar-refractivity contribution in [1.29, 1.82) is 0 Å². The SMILES string of the molecule is CC(CN1CCCC1)NC1CCSCC1. The van der Waals surface area contributed by atoms with E-state index < -0.39 is 0 Å². The van der Waals surface area contributed by atoms with Crippen LogP contribution in [0.25, 0.3) is 0 Å². The van der Waals surface area contributed by atoms with Gasteiger partial charge in [0.05, 0.1) is 0 Å². The molecule has 2 saturated heterocycles. The van der Waals surface area contributed by atoms with Crippen LogP contribution in [0, 0.1) is 0 Å². The molecule has 3 heteroatoms. The van der Waals surface area contributed by atoms with Crippen molar-refractivity contribution in [1.82, 2.24) is 10.2 Å². The number of nitrogens with one attached hydrogen (secondary N) is 1. The van der Waals surface area contributed by atoms with Crippen LogP contribution in [0.3, 0.4) is 0 Å². The number of likely N-dealkylation sites (tertiary alicyclic amines) is 1. The second kappa shape index (κ2) is 6.12. The largest absolute Gasteiger partial charge is 0.310 e. The Kier molecular flexibility index (Phi) is 4.79. The molecule has 1 atom stereocenters. The Bertz CT molecular complexity index is 174. The standard InChI is InChI=1S/C12H24N2S/c1-11(10-14-6-2-3-7-14)13-12-4-8-15-9-5-12/h11-13H,2-10H2,1H3. The highest BCUT2D eigenvalue weighted by Crippen LogP contribution is 2.17. The highest BCUT2D eigenvalue weighted by atomic mass is 32.2. The minimum Gasteiger partial charge on any atom is -0.310 e. The monoisotopic (exact) mass is 228 g/mol. The summed E-state index contributed by atoms with van der Waals surface area (Å²) in [5.41, 5.74) is 0. The summed E-state index contributed by atoms with van der Waals surface area (Å²) in [6.07, 6.45) is 5.56. The van der Waals surface area contributed by atoms with Crippen molar-refractivity contribution in [2.45, 2.75) is 44.7 Å². The highest BCUT2D eigenvalue weighted by Gasteiger charge is 2.18. The van der Waals surface area contributed by atoms with E-state index in [1.54, 1.807) is 0 Å². The Balaban J connectivity index is 1.64. The maximum atomic E-state index is 3.79. The van der Waals surface area contributed by atoms with Gasteiger partial charge in [-0.25, -0.2) is 0 Å². The van der Waals surface area contributed by atoms with Crippen LogP contribution in [-0.4, -0.2) is 48.1 Å². The zero-order valence-electron chi connectivity index (χ0n) is 9.87. The Morgan fingerprint density at radius 2 is 1.93 bits per heavy atom. The number of nitrogens with zero attached hydrogens (tertiary/aromatic N) is 1. The molecule has 2 heterocycles. The normalized spacial score (nSPS) is 27.0. The van der Waals surface area contributed by atoms with Gasteiger partial charge in [0.25, 0.3) is 0 Å². The molecule has 1 N–H and O–H groups in total. The van der Waals surface area contributed by atoms with Crippen molar-refractivity contribution >= 4 is 11.8 Å². The molecule has 2 aliphatic heterocycles. The molecule has 15 heavy (non-hydrogen) atoms. The summed E-state index contributed by atoms with van der Waals surface area (Å²) < 4.78 is 0. The second-order valence-electron chi connectivity index (χ2n) is 4.96. The fourth-order valence-corrected chi connectivity index (χ4v) is 3.78. The van der Waals surface area contributed by atoms with Crippen LogP contribution in [0.2, 0.25) is 0 Å². The van der Waals surface area contributed by atoms with Crippen LogP contribution >= 0.6 is 11.8 Å². The smallest absolute Gasteiger partial charge is 0.0169 e. The molecule has 2 aliphatic rings. The number of thioether (sulfide) groups is 1. The van der Waals surface area contributed by atoms with Gasteiger partial charge in [-0.15, -0.1) is 0 Å². The van der Waals surface area contributed by atoms with E-state index in [0.717, 1.165) is 6.04 Å². The maximum Gasteiger partial charge on any atom is 0.0169 e. The quantitative estimate of drug-likeness (QED) is 0.792. The molecule has 0 aliphatic carbocycles. The van der Waals surface area contributed by atoms with E-state index in [2.05, 4.69) is 28.9 Å². The van der Waals surface area contributed by atoms with Crippen molar-refractivity contribution in [3.63, 3.8) is 0 Å². The van der Waals surface area contributed by atoms with Crippen LogP contribution in [0.1, 0.15) is 32.6 Å². The molecule has 0 saturated carbocycles. The fraction of sp³-hybridized carbons (Fsp3) is 1.00. The Hall–Kier alpha value is 0.270. The van der Waals surface area contributed by atoms with E-state index in [-0.39, 0.29) is 0 Å². The van der Waals surface area contributed by atoms with Crippen molar-refractivity contribution in [2.24, 2.45) is 0 Å². The first-order valence-electron chi connectivity index (χ1n) is 6.41. The lowest BCUT2D eigenvalue weighted by Gasteiger charge is -2.28. The van der Waals surface area contributed by atoms with Crippen LogP contribution in [0.15, 0.2) is 0 Å². The highest BCUT2D eigenvalue weighted by molar-refractivity contribution is 7.99. The van der Waals surface area contributed by atoms with Crippen molar-refractivity contribution in [3.8, 4) is 0 Å². The Morgan fingerprint density at radius 1 is 1.27 bits per heavy atom. The van der Waals surface area contributed by atoms with Crippen molar-refractivity contribution < 1.29 is 0 Å². The van der Waals surface area contributed by atoms with Gasteiger partial charge in [-0.3, -0.25) is 0 Å². The summed E-state index contributed by atoms with van der Waals surface area (Å²) in [5, 5.41) is 3.79. The summed E-state index contributed by atoms with van der Waals surface area (Å²) in [5.74, 6) is 2.71. The maximum absolute atomic E-state index is 3.79. The average molecular weight is 228 g/mol. The molecule has 0 spiro atoms. The van der Waals surface area contributed by atoms with Gasteiger partial charge in [0, 0.05) is 18.6 Å². The summed E-state index contributed by atoms with van der Waals surface area (Å²) >= 11 is 2.11. The van der Waals surface area contributed by atoms with E-state index in [0.29, 0.717) is 6.04 Å². The molecule has 2 rings (SSSR count). The van der Waals surface area contributed by atoms with Crippen LogP contribution in [0.5, 0.6) is 0 Å². The molecule has 0 aromatic rings. The predicted octanol–water partition coefficient (Wildman–Crippen LogP) is 1.96. The lowest BCUT2D eigenvalue weighted by atomic mass is 10.1. The Labute approximate surface area is 98.2 Å². The lowest BCUT2D eigenvalue weighted by molar-refractivity contribution is 0.282. The Morgan fingerprint density at radius 3 is 2.60 bits per heavy atom. The minimum atomic E-state index is 0.677. The lowest BCUT2D eigenvalue weighted by Crippen LogP contribution is -2.44. The zero-order valence-corrected chi connectivity index (χ0v) is 10.7. The van der Waals surface area contributed by atoms with E-state index in [1.807, 2.05) is 0 Å². The minimum absolute atomic E-state index is 0.677. The van der Waals surface area contributed by atoms with Gasteiger partial charge in [0.15, 0.2) is 0 Å². The molecule has 0 radical (unpaired) electrons. The van der Waals surface area contributed by atoms with E-state index in [1.165, 1.54) is 56.8 Å². The summed E-state index contributed by atoms with van der Waals surface area (Å²) in [6, 6.07) is 1.47. The number of hydrogen-bond acceptors (Lipinski definition) is 3. The van der Waals surface area contributed by atoms with Gasteiger partial charge >= 0.3 is 0 Å². The van der Waals surface area contributed by atoms with E-state index in [4.69, 9.17) is 0 Å². The van der Waals surface area contributed by atoms with Gasteiger partial charge in [-0.2, -0.15) is 11.8 Å². The van der Waals surface area contributed by atoms with Crippen molar-refractivity contribution in [2.75, 3.05) is 31.1 Å². The van der Waals surface area contributed by atoms with Gasteiger partial charge in [0.1, 0.15) is 0 Å². The summed E-state index contributed by atoms with van der Waals surface area (Å²) in [6.45, 7) is 6.25. The van der Waals surface area contributed by atoms with Crippen molar-refractivity contribution in [3.05, 3.63) is 0 Å². The first-order valence-corrected chi connectivity index (χ1v) is 7.56. The average Bonchev–Trinajstić information content (AvgIpc) is 2.71. The van der Waals surface area contributed by atoms with Gasteiger partial charge in [0.2, 0.25) is 0 Å². The third-order valence-electron chi connectivity index (χ3n) is 3.47. The molecule has 88 valence electrons. The molecule has 2 nitrogen and oxygen atoms in total. The third kappa shape index (κ3) is 3.97. The number of rotatable bonds is 4. The van der Waals surface area contributed by atoms with Crippen LogP contribution < -0.4 is 5.32 Å². The molecule has 0 aromatic carbocycles. The van der Waals surface area contributed by atoms with Crippen LogP contribution in [-0.2, 0) is 0 Å². The first-order chi connectivity index (χ1) is 7.34. The molecule has 2 fully saturated rings. The molecular weight excluding hydrogens is 204 g/mol.